The number of ether oxygens (including phenoxy) is 4. The first-order valence-corrected chi connectivity index (χ1v) is 10.3. The normalized spacial score (nSPS) is 12.7. The summed E-state index contributed by atoms with van der Waals surface area (Å²) in [6.45, 7) is 2.46. The van der Waals surface area contributed by atoms with Crippen LogP contribution >= 0.6 is 0 Å². The number of hydrogen-bond acceptors (Lipinski definition) is 6. The van der Waals surface area contributed by atoms with Crippen molar-refractivity contribution in [2.24, 2.45) is 0 Å². The second-order valence-corrected chi connectivity index (χ2v) is 7.42. The van der Waals surface area contributed by atoms with E-state index in [-0.39, 0.29) is 12.7 Å². The van der Waals surface area contributed by atoms with Gasteiger partial charge < -0.3 is 29.6 Å². The Hall–Kier alpha value is -3.87. The van der Waals surface area contributed by atoms with Crippen molar-refractivity contribution in [3.05, 3.63) is 66.2 Å². The highest BCUT2D eigenvalue weighted by atomic mass is 16.7. The van der Waals surface area contributed by atoms with Crippen molar-refractivity contribution in [1.29, 1.82) is 0 Å². The first kappa shape index (κ1) is 21.4. The summed E-state index contributed by atoms with van der Waals surface area (Å²) in [6, 6.07) is 18.7. The number of fused-ring (bicyclic) bond motifs is 1. The third-order valence-corrected chi connectivity index (χ3v) is 5.28. The molecule has 1 aliphatic rings. The number of methoxy groups -OCH3 is 2. The third-order valence-electron chi connectivity index (χ3n) is 5.28. The lowest BCUT2D eigenvalue weighted by molar-refractivity contribution is -0.121. The molecular formula is C25H26N2O5. The van der Waals surface area contributed by atoms with Crippen LogP contribution in [0.15, 0.2) is 60.7 Å². The Balaban J connectivity index is 1.41. The molecule has 7 nitrogen and oxygen atoms in total. The van der Waals surface area contributed by atoms with E-state index in [1.807, 2.05) is 67.6 Å². The van der Waals surface area contributed by atoms with Crippen LogP contribution in [0.3, 0.4) is 0 Å². The van der Waals surface area contributed by atoms with E-state index in [1.54, 1.807) is 14.2 Å². The number of amides is 1. The minimum Gasteiger partial charge on any atom is -0.497 e. The maximum Gasteiger partial charge on any atom is 0.242 e. The van der Waals surface area contributed by atoms with Crippen molar-refractivity contribution in [2.75, 3.05) is 26.3 Å². The second-order valence-electron chi connectivity index (χ2n) is 7.42. The summed E-state index contributed by atoms with van der Waals surface area (Å²) in [5.41, 5.74) is 3.68. The largest absolute Gasteiger partial charge is 0.497 e. The van der Waals surface area contributed by atoms with Gasteiger partial charge in [0, 0.05) is 17.8 Å². The van der Waals surface area contributed by atoms with E-state index in [0.717, 1.165) is 39.6 Å². The molecule has 3 aromatic rings. The Morgan fingerprint density at radius 3 is 2.50 bits per heavy atom. The van der Waals surface area contributed by atoms with Gasteiger partial charge in [0.1, 0.15) is 17.5 Å². The first-order chi connectivity index (χ1) is 15.6. The van der Waals surface area contributed by atoms with Crippen LogP contribution in [0, 0.1) is 0 Å². The predicted octanol–water partition coefficient (Wildman–Crippen LogP) is 4.22. The summed E-state index contributed by atoms with van der Waals surface area (Å²) in [6.07, 6.45) is 0. The Morgan fingerprint density at radius 1 is 0.969 bits per heavy atom. The molecule has 0 fully saturated rings. The van der Waals surface area contributed by atoms with E-state index in [1.165, 1.54) is 0 Å². The van der Waals surface area contributed by atoms with Gasteiger partial charge in [-0.3, -0.25) is 4.79 Å². The maximum absolute atomic E-state index is 12.6. The predicted molar refractivity (Wildman–Crippen MR) is 122 cm³/mol. The van der Waals surface area contributed by atoms with Gasteiger partial charge in [-0.05, 0) is 60.5 Å². The van der Waals surface area contributed by atoms with Gasteiger partial charge in [-0.2, -0.15) is 0 Å². The number of rotatable bonds is 8. The molecule has 1 aliphatic heterocycles. The van der Waals surface area contributed by atoms with Crippen LogP contribution < -0.4 is 29.6 Å². The van der Waals surface area contributed by atoms with Gasteiger partial charge in [0.15, 0.2) is 11.5 Å². The molecule has 166 valence electrons. The lowest BCUT2D eigenvalue weighted by atomic mass is 10.0. The molecular weight excluding hydrogens is 408 g/mol. The first-order valence-electron chi connectivity index (χ1n) is 10.3. The minimum atomic E-state index is -0.430. The standard InChI is InChI=1S/C25H26N2O5/c1-16(25(28)26-14-17-4-10-23-24(12-17)32-15-31-23)27-19-7-11-22(30-3)21(13-19)18-5-8-20(29-2)9-6-18/h4-13,16,27H,14-15H2,1-3H3,(H,26,28). The summed E-state index contributed by atoms with van der Waals surface area (Å²) >= 11 is 0. The SMILES string of the molecule is COc1ccc(-c2cc(NC(C)C(=O)NCc3ccc4c(c3)OCO4)ccc2OC)cc1. The van der Waals surface area contributed by atoms with Crippen LogP contribution in [0.1, 0.15) is 12.5 Å². The fourth-order valence-electron chi connectivity index (χ4n) is 3.50. The van der Waals surface area contributed by atoms with E-state index in [0.29, 0.717) is 12.3 Å². The average molecular weight is 434 g/mol. The molecule has 1 unspecified atom stereocenters. The highest BCUT2D eigenvalue weighted by molar-refractivity contribution is 5.85. The van der Waals surface area contributed by atoms with Gasteiger partial charge in [-0.1, -0.05) is 18.2 Å². The summed E-state index contributed by atoms with van der Waals surface area (Å²) in [7, 11) is 3.28. The minimum absolute atomic E-state index is 0.107. The van der Waals surface area contributed by atoms with Crippen molar-refractivity contribution in [1.82, 2.24) is 5.32 Å². The van der Waals surface area contributed by atoms with Gasteiger partial charge in [0.25, 0.3) is 0 Å². The monoisotopic (exact) mass is 434 g/mol. The van der Waals surface area contributed by atoms with E-state index in [9.17, 15) is 4.79 Å². The average Bonchev–Trinajstić information content (AvgIpc) is 3.30. The molecule has 0 aromatic heterocycles. The highest BCUT2D eigenvalue weighted by Gasteiger charge is 2.16. The number of anilines is 1. The van der Waals surface area contributed by atoms with Crippen LogP contribution in [-0.4, -0.2) is 33.0 Å². The molecule has 4 rings (SSSR count). The summed E-state index contributed by atoms with van der Waals surface area (Å²) in [5.74, 6) is 2.86. The van der Waals surface area contributed by atoms with Crippen LogP contribution in [0.5, 0.6) is 23.0 Å². The Kier molecular flexibility index (Phi) is 6.35. The molecule has 0 bridgehead atoms. The second kappa shape index (κ2) is 9.51. The Labute approximate surface area is 187 Å². The van der Waals surface area contributed by atoms with Crippen molar-refractivity contribution < 1.29 is 23.7 Å². The van der Waals surface area contributed by atoms with E-state index in [2.05, 4.69) is 10.6 Å². The zero-order valence-electron chi connectivity index (χ0n) is 18.3. The molecule has 2 N–H and O–H groups in total. The summed E-state index contributed by atoms with van der Waals surface area (Å²) < 4.78 is 21.5. The molecule has 0 spiro atoms. The molecule has 1 amide bonds. The van der Waals surface area contributed by atoms with E-state index < -0.39 is 6.04 Å². The molecule has 1 atom stereocenters. The van der Waals surface area contributed by atoms with Crippen molar-refractivity contribution >= 4 is 11.6 Å². The van der Waals surface area contributed by atoms with Crippen LogP contribution in [-0.2, 0) is 11.3 Å². The zero-order valence-corrected chi connectivity index (χ0v) is 18.3. The molecule has 3 aromatic carbocycles. The van der Waals surface area contributed by atoms with Crippen LogP contribution in [0.25, 0.3) is 11.1 Å². The van der Waals surface area contributed by atoms with Gasteiger partial charge in [0.2, 0.25) is 12.7 Å². The number of carbonyl (C=O) groups excluding carboxylic acids is 1. The topological polar surface area (TPSA) is 78.1 Å². The third kappa shape index (κ3) is 4.72. The summed E-state index contributed by atoms with van der Waals surface area (Å²) in [5, 5.41) is 6.22. The molecule has 1 heterocycles. The number of benzene rings is 3. The van der Waals surface area contributed by atoms with Crippen molar-refractivity contribution in [2.45, 2.75) is 19.5 Å². The van der Waals surface area contributed by atoms with Gasteiger partial charge >= 0.3 is 0 Å². The van der Waals surface area contributed by atoms with E-state index >= 15 is 0 Å². The molecule has 0 radical (unpaired) electrons. The van der Waals surface area contributed by atoms with Crippen LogP contribution in [0.4, 0.5) is 5.69 Å². The van der Waals surface area contributed by atoms with Crippen LogP contribution in [0.2, 0.25) is 0 Å². The maximum atomic E-state index is 12.6. The smallest absolute Gasteiger partial charge is 0.242 e. The quantitative estimate of drug-likeness (QED) is 0.553. The molecule has 0 aliphatic carbocycles. The fraction of sp³-hybridized carbons (Fsp3) is 0.240. The van der Waals surface area contributed by atoms with Gasteiger partial charge in [0.05, 0.1) is 14.2 Å². The van der Waals surface area contributed by atoms with Gasteiger partial charge in [-0.25, -0.2) is 0 Å². The molecule has 32 heavy (non-hydrogen) atoms. The van der Waals surface area contributed by atoms with Gasteiger partial charge in [-0.15, -0.1) is 0 Å². The molecule has 0 saturated carbocycles. The Bertz CT molecular complexity index is 1100. The summed E-state index contributed by atoms with van der Waals surface area (Å²) in [4.78, 5) is 12.6. The van der Waals surface area contributed by atoms with E-state index in [4.69, 9.17) is 18.9 Å². The Morgan fingerprint density at radius 2 is 1.75 bits per heavy atom. The lowest BCUT2D eigenvalue weighted by Gasteiger charge is -2.17. The van der Waals surface area contributed by atoms with Crippen molar-refractivity contribution in [3.63, 3.8) is 0 Å². The van der Waals surface area contributed by atoms with Crippen molar-refractivity contribution in [3.8, 4) is 34.1 Å². The number of hydrogen-bond donors (Lipinski definition) is 2. The number of carbonyl (C=O) groups is 1. The lowest BCUT2D eigenvalue weighted by Crippen LogP contribution is -2.37. The molecule has 7 heteroatoms. The molecule has 0 saturated heterocycles. The highest BCUT2D eigenvalue weighted by Crippen LogP contribution is 2.34. The fourth-order valence-corrected chi connectivity index (χ4v) is 3.50. The zero-order chi connectivity index (χ0) is 22.5. The number of nitrogens with one attached hydrogen (secondary N) is 2.